The second kappa shape index (κ2) is 6.54. The van der Waals surface area contributed by atoms with E-state index in [1.165, 1.54) is 25.6 Å². The van der Waals surface area contributed by atoms with Crippen LogP contribution in [0.4, 0.5) is 0 Å². The van der Waals surface area contributed by atoms with Gasteiger partial charge in [-0.3, -0.25) is 4.98 Å². The van der Waals surface area contributed by atoms with Crippen molar-refractivity contribution in [3.05, 3.63) is 24.0 Å². The fourth-order valence-electron chi connectivity index (χ4n) is 2.27. The van der Waals surface area contributed by atoms with Crippen LogP contribution in [0.2, 0.25) is 0 Å². The summed E-state index contributed by atoms with van der Waals surface area (Å²) in [4.78, 5) is 28.1. The lowest BCUT2D eigenvalue weighted by Gasteiger charge is -2.31. The van der Waals surface area contributed by atoms with E-state index in [0.29, 0.717) is 25.3 Å². The number of aromatic nitrogens is 1. The second-order valence-electron chi connectivity index (χ2n) is 6.43. The molecule has 23 heavy (non-hydrogen) atoms. The molecule has 1 N–H and O–H groups in total. The zero-order valence-electron chi connectivity index (χ0n) is 13.8. The van der Waals surface area contributed by atoms with Crippen molar-refractivity contribution in [1.29, 1.82) is 0 Å². The van der Waals surface area contributed by atoms with Crippen molar-refractivity contribution in [2.75, 3.05) is 20.2 Å². The van der Waals surface area contributed by atoms with E-state index in [2.05, 4.69) is 15.0 Å². The average Bonchev–Trinajstić information content (AvgIpc) is 2.95. The number of rotatable bonds is 4. The lowest BCUT2D eigenvalue weighted by atomic mass is 10.0. The van der Waals surface area contributed by atoms with Gasteiger partial charge >= 0.3 is 11.9 Å². The number of carbonyl (C=O) groups excluding carboxylic acids is 2. The molecule has 1 aliphatic rings. The molecule has 0 aromatic carbocycles. The molecule has 7 nitrogen and oxygen atoms in total. The summed E-state index contributed by atoms with van der Waals surface area (Å²) in [6.07, 6.45) is 3.31. The maximum absolute atomic E-state index is 12.6. The molecule has 0 amide bonds. The van der Waals surface area contributed by atoms with E-state index in [1.807, 2.05) is 0 Å². The fourth-order valence-corrected chi connectivity index (χ4v) is 2.27. The largest absolute Gasteiger partial charge is 0.472 e. The lowest BCUT2D eigenvalue weighted by molar-refractivity contribution is -0.172. The van der Waals surface area contributed by atoms with Crippen molar-refractivity contribution in [3.8, 4) is 5.75 Å². The van der Waals surface area contributed by atoms with E-state index < -0.39 is 23.1 Å². The van der Waals surface area contributed by atoms with Gasteiger partial charge in [-0.15, -0.1) is 0 Å². The van der Waals surface area contributed by atoms with E-state index in [1.54, 1.807) is 20.8 Å². The molecule has 0 aliphatic carbocycles. The topological polar surface area (TPSA) is 86.8 Å². The van der Waals surface area contributed by atoms with Crippen LogP contribution < -0.4 is 10.1 Å². The van der Waals surface area contributed by atoms with Crippen LogP contribution >= 0.6 is 0 Å². The Morgan fingerprint density at radius 3 is 2.61 bits per heavy atom. The summed E-state index contributed by atoms with van der Waals surface area (Å²) >= 11 is 0. The first-order valence-corrected chi connectivity index (χ1v) is 7.42. The van der Waals surface area contributed by atoms with E-state index in [9.17, 15) is 9.59 Å². The molecule has 0 bridgehead atoms. The van der Waals surface area contributed by atoms with E-state index in [-0.39, 0.29) is 5.56 Å². The van der Waals surface area contributed by atoms with E-state index in [0.717, 1.165) is 0 Å². The van der Waals surface area contributed by atoms with Crippen molar-refractivity contribution in [1.82, 2.24) is 10.3 Å². The van der Waals surface area contributed by atoms with Crippen LogP contribution in [0.3, 0.4) is 0 Å². The number of nitrogens with zero attached hydrogens (tertiary/aromatic N) is 1. The molecule has 0 radical (unpaired) electrons. The fraction of sp³-hybridized carbons (Fsp3) is 0.562. The Bertz CT molecular complexity index is 588. The molecular formula is C16H22N2O5. The van der Waals surface area contributed by atoms with Crippen molar-refractivity contribution in [2.45, 2.75) is 38.4 Å². The quantitative estimate of drug-likeness (QED) is 0.837. The first-order chi connectivity index (χ1) is 10.8. The summed E-state index contributed by atoms with van der Waals surface area (Å²) in [5, 5.41) is 3.11. The summed E-state index contributed by atoms with van der Waals surface area (Å²) in [7, 11) is 1.29. The highest BCUT2D eigenvalue weighted by Gasteiger charge is 2.47. The average molecular weight is 322 g/mol. The molecule has 0 saturated carbocycles. The standard InChI is InChI=1S/C16H22N2O5/c1-15(2,3)23-14(20)16(5-6-17-10-16)22-12-7-11(8-18-9-12)13(19)21-4/h7-9,17H,5-6,10H2,1-4H3/t16-/m1/s1. The predicted molar refractivity (Wildman–Crippen MR) is 82.3 cm³/mol. The molecule has 1 atom stereocenters. The van der Waals surface area contributed by atoms with Gasteiger partial charge in [0.1, 0.15) is 11.4 Å². The van der Waals surface area contributed by atoms with E-state index >= 15 is 0 Å². The summed E-state index contributed by atoms with van der Waals surface area (Å²) < 4.78 is 16.0. The molecule has 1 aromatic heterocycles. The summed E-state index contributed by atoms with van der Waals surface area (Å²) in [6.45, 7) is 6.40. The monoisotopic (exact) mass is 322 g/mol. The number of nitrogens with one attached hydrogen (secondary N) is 1. The van der Waals surface area contributed by atoms with Gasteiger partial charge in [-0.1, -0.05) is 0 Å². The summed E-state index contributed by atoms with van der Waals surface area (Å²) in [5.74, 6) is -0.625. The number of ether oxygens (including phenoxy) is 3. The minimum Gasteiger partial charge on any atom is -0.472 e. The van der Waals surface area contributed by atoms with Gasteiger partial charge in [-0.25, -0.2) is 9.59 Å². The Kier molecular flexibility index (Phi) is 4.89. The molecule has 126 valence electrons. The maximum atomic E-state index is 12.6. The number of carbonyl (C=O) groups is 2. The van der Waals surface area contributed by atoms with Crippen LogP contribution in [0.15, 0.2) is 18.5 Å². The van der Waals surface area contributed by atoms with Gasteiger partial charge in [0.15, 0.2) is 0 Å². The van der Waals surface area contributed by atoms with E-state index in [4.69, 9.17) is 9.47 Å². The van der Waals surface area contributed by atoms with Gasteiger partial charge in [0.2, 0.25) is 5.60 Å². The number of hydrogen-bond acceptors (Lipinski definition) is 7. The minimum atomic E-state index is -1.12. The molecule has 0 unspecified atom stereocenters. The van der Waals surface area contributed by atoms with Crippen LogP contribution in [0.1, 0.15) is 37.6 Å². The summed E-state index contributed by atoms with van der Waals surface area (Å²) in [6, 6.07) is 1.50. The third-order valence-electron chi connectivity index (χ3n) is 3.33. The molecular weight excluding hydrogens is 300 g/mol. The van der Waals surface area contributed by atoms with Gasteiger partial charge in [0, 0.05) is 19.2 Å². The maximum Gasteiger partial charge on any atom is 0.352 e. The molecule has 1 fully saturated rings. The smallest absolute Gasteiger partial charge is 0.352 e. The molecule has 2 rings (SSSR count). The van der Waals surface area contributed by atoms with Gasteiger partial charge in [0.05, 0.1) is 18.9 Å². The Hall–Kier alpha value is -2.15. The molecule has 2 heterocycles. The molecule has 7 heteroatoms. The molecule has 1 aliphatic heterocycles. The van der Waals surface area contributed by atoms with Crippen LogP contribution in [-0.2, 0) is 14.3 Å². The molecule has 1 aromatic rings. The van der Waals surface area contributed by atoms with Crippen LogP contribution in [0.25, 0.3) is 0 Å². The Balaban J connectivity index is 2.23. The highest BCUT2D eigenvalue weighted by molar-refractivity contribution is 5.89. The number of hydrogen-bond donors (Lipinski definition) is 1. The first kappa shape index (κ1) is 17.2. The van der Waals surface area contributed by atoms with Crippen molar-refractivity contribution >= 4 is 11.9 Å². The van der Waals surface area contributed by atoms with Crippen molar-refractivity contribution < 1.29 is 23.8 Å². The Morgan fingerprint density at radius 1 is 1.30 bits per heavy atom. The zero-order chi connectivity index (χ0) is 17.1. The lowest BCUT2D eigenvalue weighted by Crippen LogP contribution is -2.49. The second-order valence-corrected chi connectivity index (χ2v) is 6.43. The van der Waals surface area contributed by atoms with Crippen LogP contribution in [0.5, 0.6) is 5.75 Å². The SMILES string of the molecule is COC(=O)c1cncc(O[C@]2(C(=O)OC(C)(C)C)CCNC2)c1. The number of esters is 2. The van der Waals surface area contributed by atoms with Gasteiger partial charge in [-0.05, 0) is 33.4 Å². The van der Waals surface area contributed by atoms with Crippen LogP contribution in [0, 0.1) is 0 Å². The first-order valence-electron chi connectivity index (χ1n) is 7.42. The Morgan fingerprint density at radius 2 is 2.04 bits per heavy atom. The number of pyridine rings is 1. The van der Waals surface area contributed by atoms with Gasteiger partial charge in [0.25, 0.3) is 0 Å². The number of methoxy groups -OCH3 is 1. The third-order valence-corrected chi connectivity index (χ3v) is 3.33. The van der Waals surface area contributed by atoms with Gasteiger partial charge < -0.3 is 19.5 Å². The third kappa shape index (κ3) is 4.19. The molecule has 1 saturated heterocycles. The summed E-state index contributed by atoms with van der Waals surface area (Å²) in [5.41, 5.74) is -1.47. The van der Waals surface area contributed by atoms with Crippen LogP contribution in [-0.4, -0.2) is 48.3 Å². The highest BCUT2D eigenvalue weighted by atomic mass is 16.6. The predicted octanol–water partition coefficient (Wildman–Crippen LogP) is 1.32. The molecule has 0 spiro atoms. The zero-order valence-corrected chi connectivity index (χ0v) is 13.8. The van der Waals surface area contributed by atoms with Crippen molar-refractivity contribution in [2.24, 2.45) is 0 Å². The van der Waals surface area contributed by atoms with Crippen molar-refractivity contribution in [3.63, 3.8) is 0 Å². The normalized spacial score (nSPS) is 20.9. The van der Waals surface area contributed by atoms with Gasteiger partial charge in [-0.2, -0.15) is 0 Å². The minimum absolute atomic E-state index is 0.260. The highest BCUT2D eigenvalue weighted by Crippen LogP contribution is 2.27. The Labute approximate surface area is 135 Å².